The number of ether oxygens (including phenoxy) is 1. The number of halogens is 1. The molecule has 7 nitrogen and oxygen atoms in total. The summed E-state index contributed by atoms with van der Waals surface area (Å²) in [5, 5.41) is 20.9. The molecule has 1 aromatic heterocycles. The second-order valence-corrected chi connectivity index (χ2v) is 6.26. The molecule has 3 N–H and O–H groups in total. The molecule has 0 spiro atoms. The second-order valence-electron chi connectivity index (χ2n) is 6.26. The largest absolute Gasteiger partial charge is 0.388 e. The minimum absolute atomic E-state index is 0. The van der Waals surface area contributed by atoms with Crippen LogP contribution in [0.15, 0.2) is 15.6 Å². The summed E-state index contributed by atoms with van der Waals surface area (Å²) in [6.07, 6.45) is 1.28. The van der Waals surface area contributed by atoms with E-state index < -0.39 is 5.60 Å². The lowest BCUT2D eigenvalue weighted by Gasteiger charge is -2.32. The van der Waals surface area contributed by atoms with Crippen LogP contribution < -0.4 is 10.6 Å². The van der Waals surface area contributed by atoms with Crippen molar-refractivity contribution in [2.75, 3.05) is 26.3 Å². The van der Waals surface area contributed by atoms with Gasteiger partial charge in [-0.25, -0.2) is 4.99 Å². The van der Waals surface area contributed by atoms with E-state index in [1.54, 1.807) is 0 Å². The quantitative estimate of drug-likeness (QED) is 0.348. The molecule has 0 aliphatic carbocycles. The molecule has 24 heavy (non-hydrogen) atoms. The highest BCUT2D eigenvalue weighted by molar-refractivity contribution is 14.0. The first-order valence-corrected chi connectivity index (χ1v) is 8.30. The summed E-state index contributed by atoms with van der Waals surface area (Å²) < 4.78 is 10.6. The van der Waals surface area contributed by atoms with E-state index in [2.05, 4.69) is 34.6 Å². The van der Waals surface area contributed by atoms with E-state index in [9.17, 15) is 5.11 Å². The van der Waals surface area contributed by atoms with Gasteiger partial charge in [-0.3, -0.25) is 0 Å². The number of hydrogen-bond donors (Lipinski definition) is 3. The fourth-order valence-electron chi connectivity index (χ4n) is 2.35. The summed E-state index contributed by atoms with van der Waals surface area (Å²) >= 11 is 0. The summed E-state index contributed by atoms with van der Waals surface area (Å²) in [6, 6.07) is 1.93. The van der Waals surface area contributed by atoms with Crippen LogP contribution in [0.3, 0.4) is 0 Å². The fraction of sp³-hybridized carbons (Fsp3) is 0.750. The van der Waals surface area contributed by atoms with E-state index in [1.807, 2.05) is 13.0 Å². The van der Waals surface area contributed by atoms with Crippen LogP contribution in [0, 0.1) is 0 Å². The van der Waals surface area contributed by atoms with E-state index in [1.165, 1.54) is 0 Å². The molecule has 138 valence electrons. The van der Waals surface area contributed by atoms with Gasteiger partial charge in [0, 0.05) is 45.2 Å². The lowest BCUT2D eigenvalue weighted by atomic mass is 9.94. The highest BCUT2D eigenvalue weighted by Crippen LogP contribution is 2.19. The van der Waals surface area contributed by atoms with Gasteiger partial charge in [0.15, 0.2) is 11.7 Å². The van der Waals surface area contributed by atoms with E-state index in [4.69, 9.17) is 9.26 Å². The topological polar surface area (TPSA) is 91.9 Å². The molecule has 0 radical (unpaired) electrons. The van der Waals surface area contributed by atoms with Crippen molar-refractivity contribution < 1.29 is 14.4 Å². The van der Waals surface area contributed by atoms with Crippen LogP contribution in [0.5, 0.6) is 0 Å². The highest BCUT2D eigenvalue weighted by atomic mass is 127. The van der Waals surface area contributed by atoms with Crippen molar-refractivity contribution in [2.24, 2.45) is 4.99 Å². The van der Waals surface area contributed by atoms with Gasteiger partial charge in [0.2, 0.25) is 0 Å². The maximum absolute atomic E-state index is 10.5. The number of aliphatic imine (C=N–C) groups is 1. The van der Waals surface area contributed by atoms with E-state index in [0.717, 1.165) is 18.0 Å². The van der Waals surface area contributed by atoms with E-state index in [-0.39, 0.29) is 24.0 Å². The normalized spacial score (nSPS) is 17.5. The van der Waals surface area contributed by atoms with Gasteiger partial charge < -0.3 is 25.0 Å². The van der Waals surface area contributed by atoms with Gasteiger partial charge in [0.05, 0.1) is 11.3 Å². The molecule has 1 aromatic rings. The Bertz CT molecular complexity index is 513. The third-order valence-corrected chi connectivity index (χ3v) is 3.91. The van der Waals surface area contributed by atoms with Crippen molar-refractivity contribution in [1.29, 1.82) is 0 Å². The van der Waals surface area contributed by atoms with Crippen LogP contribution in [0.4, 0.5) is 0 Å². The molecule has 1 fully saturated rings. The van der Waals surface area contributed by atoms with E-state index in [0.29, 0.717) is 51.0 Å². The van der Waals surface area contributed by atoms with Crippen LogP contribution in [-0.2, 0) is 11.3 Å². The average molecular weight is 452 g/mol. The molecule has 0 bridgehead atoms. The first-order chi connectivity index (χ1) is 11.0. The van der Waals surface area contributed by atoms with Crippen molar-refractivity contribution in [3.05, 3.63) is 17.5 Å². The Labute approximate surface area is 160 Å². The molecule has 8 heteroatoms. The zero-order chi connectivity index (χ0) is 16.7. The summed E-state index contributed by atoms with van der Waals surface area (Å²) in [5.74, 6) is 1.73. The van der Waals surface area contributed by atoms with Crippen molar-refractivity contribution in [3.8, 4) is 0 Å². The monoisotopic (exact) mass is 452 g/mol. The second kappa shape index (κ2) is 10.2. The first kappa shape index (κ1) is 21.2. The van der Waals surface area contributed by atoms with Crippen molar-refractivity contribution in [3.63, 3.8) is 0 Å². The Kier molecular flexibility index (Phi) is 8.99. The molecule has 0 saturated carbocycles. The summed E-state index contributed by atoms with van der Waals surface area (Å²) in [5.41, 5.74) is 0.204. The number of rotatable bonds is 6. The molecule has 1 aliphatic heterocycles. The fourth-order valence-corrected chi connectivity index (χ4v) is 2.35. The SMILES string of the molecule is CCNC(=NCc1cc(C(C)C)no1)NCC1(O)CCOCC1.I. The molecule has 0 atom stereocenters. The number of hydrogen-bond acceptors (Lipinski definition) is 5. The lowest BCUT2D eigenvalue weighted by Crippen LogP contribution is -2.49. The van der Waals surface area contributed by atoms with Crippen molar-refractivity contribution in [1.82, 2.24) is 15.8 Å². The van der Waals surface area contributed by atoms with Gasteiger partial charge in [-0.15, -0.1) is 24.0 Å². The van der Waals surface area contributed by atoms with Gasteiger partial charge >= 0.3 is 0 Å². The minimum atomic E-state index is -0.731. The smallest absolute Gasteiger partial charge is 0.191 e. The van der Waals surface area contributed by atoms with Gasteiger partial charge in [-0.1, -0.05) is 19.0 Å². The molecular weight excluding hydrogens is 423 g/mol. The Hall–Kier alpha value is -0.870. The summed E-state index contributed by atoms with van der Waals surface area (Å²) in [4.78, 5) is 4.49. The Morgan fingerprint density at radius 3 is 2.67 bits per heavy atom. The van der Waals surface area contributed by atoms with Gasteiger partial charge in [-0.05, 0) is 12.8 Å². The summed E-state index contributed by atoms with van der Waals surface area (Å²) in [7, 11) is 0. The third kappa shape index (κ3) is 6.56. The van der Waals surface area contributed by atoms with Gasteiger partial charge in [-0.2, -0.15) is 0 Å². The van der Waals surface area contributed by atoms with Gasteiger partial charge in [0.1, 0.15) is 6.54 Å². The molecular formula is C16H29IN4O3. The number of nitrogens with one attached hydrogen (secondary N) is 2. The van der Waals surface area contributed by atoms with E-state index >= 15 is 0 Å². The molecule has 0 unspecified atom stereocenters. The summed E-state index contributed by atoms with van der Waals surface area (Å²) in [6.45, 7) is 8.97. The van der Waals surface area contributed by atoms with Crippen LogP contribution in [0.1, 0.15) is 51.0 Å². The molecule has 0 amide bonds. The minimum Gasteiger partial charge on any atom is -0.388 e. The van der Waals surface area contributed by atoms with Crippen molar-refractivity contribution >= 4 is 29.9 Å². The number of nitrogens with zero attached hydrogens (tertiary/aromatic N) is 2. The highest BCUT2D eigenvalue weighted by Gasteiger charge is 2.29. The predicted molar refractivity (Wildman–Crippen MR) is 104 cm³/mol. The Morgan fingerprint density at radius 2 is 2.08 bits per heavy atom. The van der Waals surface area contributed by atoms with Crippen LogP contribution in [0.2, 0.25) is 0 Å². The zero-order valence-corrected chi connectivity index (χ0v) is 17.0. The number of aliphatic hydroxyl groups is 1. The van der Waals surface area contributed by atoms with Crippen molar-refractivity contribution in [2.45, 2.75) is 51.7 Å². The Morgan fingerprint density at radius 1 is 1.38 bits per heavy atom. The third-order valence-electron chi connectivity index (χ3n) is 3.91. The molecule has 1 saturated heterocycles. The molecule has 0 aromatic carbocycles. The van der Waals surface area contributed by atoms with Crippen LogP contribution >= 0.6 is 24.0 Å². The molecule has 2 rings (SSSR count). The van der Waals surface area contributed by atoms with Gasteiger partial charge in [0.25, 0.3) is 0 Å². The predicted octanol–water partition coefficient (Wildman–Crippen LogP) is 2.01. The maximum atomic E-state index is 10.5. The maximum Gasteiger partial charge on any atom is 0.191 e. The molecule has 1 aliphatic rings. The number of aromatic nitrogens is 1. The average Bonchev–Trinajstić information content (AvgIpc) is 3.00. The molecule has 2 heterocycles. The number of guanidine groups is 1. The zero-order valence-electron chi connectivity index (χ0n) is 14.7. The lowest BCUT2D eigenvalue weighted by molar-refractivity contribution is -0.0594. The van der Waals surface area contributed by atoms with Crippen LogP contribution in [0.25, 0.3) is 0 Å². The Balaban J connectivity index is 0.00000288. The first-order valence-electron chi connectivity index (χ1n) is 8.30. The van der Waals surface area contributed by atoms with Crippen LogP contribution in [-0.4, -0.2) is 48.1 Å². The standard InChI is InChI=1S/C16H28N4O3.HI/c1-4-17-15(19-11-16(21)5-7-22-8-6-16)18-10-13-9-14(12(2)3)20-23-13;/h9,12,21H,4-8,10-11H2,1-3H3,(H2,17,18,19);1H.